The molecule has 1 aliphatic rings. The molecule has 0 saturated carbocycles. The summed E-state index contributed by atoms with van der Waals surface area (Å²) in [4.78, 5) is 26.1. The normalized spacial score (nSPS) is 22.6. The van der Waals surface area contributed by atoms with E-state index in [4.69, 9.17) is 4.74 Å². The lowest BCUT2D eigenvalue weighted by Crippen LogP contribution is -2.34. The number of aryl methyl sites for hydroxylation is 2. The van der Waals surface area contributed by atoms with Crippen molar-refractivity contribution < 1.29 is 9.84 Å². The first-order valence-electron chi connectivity index (χ1n) is 9.30. The maximum atomic E-state index is 12.1. The Hall–Kier alpha value is -2.18. The number of ether oxygens (including phenoxy) is 1. The molecule has 2 N–H and O–H groups in total. The Labute approximate surface area is 152 Å². The van der Waals surface area contributed by atoms with E-state index in [0.29, 0.717) is 18.4 Å². The van der Waals surface area contributed by atoms with Gasteiger partial charge in [0.15, 0.2) is 0 Å². The van der Waals surface area contributed by atoms with Crippen LogP contribution in [0, 0.1) is 0 Å². The summed E-state index contributed by atoms with van der Waals surface area (Å²) in [5, 5.41) is 10.3. The number of aliphatic hydroxyl groups excluding tert-OH is 1. The smallest absolute Gasteiger partial charge is 0.330 e. The SMILES string of the molecule is CCc1cn([C@H]2C[C@H](O)[C@@H](CCCCc3ccccc3)O2)c(=O)[nH]c1=O. The Morgan fingerprint density at radius 3 is 2.73 bits per heavy atom. The fraction of sp³-hybridized carbons (Fsp3) is 0.500. The predicted molar refractivity (Wildman–Crippen MR) is 99.2 cm³/mol. The van der Waals surface area contributed by atoms with Gasteiger partial charge in [0.05, 0.1) is 12.2 Å². The summed E-state index contributed by atoms with van der Waals surface area (Å²) in [5.74, 6) is 0. The number of aromatic amines is 1. The van der Waals surface area contributed by atoms with Crippen molar-refractivity contribution in [2.45, 2.75) is 63.9 Å². The molecule has 1 fully saturated rings. The van der Waals surface area contributed by atoms with Crippen LogP contribution in [0.3, 0.4) is 0 Å². The summed E-state index contributed by atoms with van der Waals surface area (Å²) in [6, 6.07) is 10.3. The van der Waals surface area contributed by atoms with Gasteiger partial charge in [-0.05, 0) is 31.2 Å². The summed E-state index contributed by atoms with van der Waals surface area (Å²) in [5.41, 5.74) is 0.998. The molecule has 6 heteroatoms. The highest BCUT2D eigenvalue weighted by atomic mass is 16.5. The number of unbranched alkanes of at least 4 members (excludes halogenated alkanes) is 1. The van der Waals surface area contributed by atoms with E-state index in [9.17, 15) is 14.7 Å². The molecule has 0 radical (unpaired) electrons. The average molecular weight is 358 g/mol. The largest absolute Gasteiger partial charge is 0.390 e. The number of hydrogen-bond acceptors (Lipinski definition) is 4. The van der Waals surface area contributed by atoms with Crippen LogP contribution in [0.25, 0.3) is 0 Å². The van der Waals surface area contributed by atoms with Gasteiger partial charge in [-0.25, -0.2) is 4.79 Å². The highest BCUT2D eigenvalue weighted by Gasteiger charge is 2.35. The minimum Gasteiger partial charge on any atom is -0.390 e. The molecule has 0 amide bonds. The van der Waals surface area contributed by atoms with Crippen LogP contribution in [0.2, 0.25) is 0 Å². The Balaban J connectivity index is 1.56. The number of aromatic nitrogens is 2. The topological polar surface area (TPSA) is 84.3 Å². The molecule has 26 heavy (non-hydrogen) atoms. The molecule has 3 atom stereocenters. The van der Waals surface area contributed by atoms with Crippen molar-refractivity contribution in [1.29, 1.82) is 0 Å². The zero-order valence-electron chi connectivity index (χ0n) is 15.1. The summed E-state index contributed by atoms with van der Waals surface area (Å²) in [7, 11) is 0. The van der Waals surface area contributed by atoms with Crippen molar-refractivity contribution in [3.63, 3.8) is 0 Å². The predicted octanol–water partition coefficient (Wildman–Crippen LogP) is 2.16. The molecule has 0 aliphatic carbocycles. The van der Waals surface area contributed by atoms with Crippen LogP contribution < -0.4 is 11.2 Å². The second kappa shape index (κ2) is 8.47. The zero-order valence-corrected chi connectivity index (χ0v) is 15.1. The minimum absolute atomic E-state index is 0.278. The Bertz CT molecular complexity index is 828. The first kappa shape index (κ1) is 18.6. The standard InChI is InChI=1S/C20H26N2O4/c1-2-15-13-22(20(25)21-19(15)24)18-12-16(23)17(26-18)11-7-6-10-14-8-4-3-5-9-14/h3-5,8-9,13,16-18,23H,2,6-7,10-12H2,1H3,(H,21,24,25)/t16-,17+,18+/m0/s1. The van der Waals surface area contributed by atoms with Crippen LogP contribution in [0.5, 0.6) is 0 Å². The first-order chi connectivity index (χ1) is 12.6. The van der Waals surface area contributed by atoms with Gasteiger partial charge in [-0.1, -0.05) is 43.7 Å². The maximum Gasteiger partial charge on any atom is 0.330 e. The average Bonchev–Trinajstić information content (AvgIpc) is 3.00. The lowest BCUT2D eigenvalue weighted by Gasteiger charge is -2.16. The molecule has 140 valence electrons. The van der Waals surface area contributed by atoms with Gasteiger partial charge in [-0.15, -0.1) is 0 Å². The molecular weight excluding hydrogens is 332 g/mol. The molecular formula is C20H26N2O4. The Morgan fingerprint density at radius 1 is 1.23 bits per heavy atom. The van der Waals surface area contributed by atoms with Gasteiger partial charge in [-0.2, -0.15) is 0 Å². The summed E-state index contributed by atoms with van der Waals surface area (Å²) in [6.07, 6.45) is 4.78. The molecule has 1 aliphatic heterocycles. The van der Waals surface area contributed by atoms with E-state index < -0.39 is 18.0 Å². The Morgan fingerprint density at radius 2 is 2.00 bits per heavy atom. The van der Waals surface area contributed by atoms with Crippen LogP contribution in [0.4, 0.5) is 0 Å². The van der Waals surface area contributed by atoms with Crippen molar-refractivity contribution in [3.8, 4) is 0 Å². The van der Waals surface area contributed by atoms with E-state index in [2.05, 4.69) is 17.1 Å². The number of nitrogens with one attached hydrogen (secondary N) is 1. The molecule has 3 rings (SSSR count). The Kier molecular flexibility index (Phi) is 6.06. The van der Waals surface area contributed by atoms with Gasteiger partial charge >= 0.3 is 5.69 Å². The molecule has 1 aromatic heterocycles. The van der Waals surface area contributed by atoms with Crippen LogP contribution in [0.15, 0.2) is 46.1 Å². The van der Waals surface area contributed by atoms with Crippen molar-refractivity contribution >= 4 is 0 Å². The first-order valence-corrected chi connectivity index (χ1v) is 9.30. The molecule has 6 nitrogen and oxygen atoms in total. The van der Waals surface area contributed by atoms with Crippen molar-refractivity contribution in [3.05, 3.63) is 68.5 Å². The zero-order chi connectivity index (χ0) is 18.5. The monoisotopic (exact) mass is 358 g/mol. The highest BCUT2D eigenvalue weighted by molar-refractivity contribution is 5.14. The molecule has 0 bridgehead atoms. The van der Waals surface area contributed by atoms with E-state index in [1.165, 1.54) is 10.1 Å². The number of benzene rings is 1. The quantitative estimate of drug-likeness (QED) is 0.743. The summed E-state index contributed by atoms with van der Waals surface area (Å²) >= 11 is 0. The van der Waals surface area contributed by atoms with E-state index >= 15 is 0 Å². The third kappa shape index (κ3) is 4.31. The second-order valence-electron chi connectivity index (χ2n) is 6.84. The number of H-pyrrole nitrogens is 1. The van der Waals surface area contributed by atoms with Gasteiger partial charge in [0.25, 0.3) is 5.56 Å². The number of rotatable bonds is 7. The summed E-state index contributed by atoms with van der Waals surface area (Å²) < 4.78 is 7.32. The third-order valence-electron chi connectivity index (χ3n) is 4.98. The highest BCUT2D eigenvalue weighted by Crippen LogP contribution is 2.30. The second-order valence-corrected chi connectivity index (χ2v) is 6.84. The molecule has 2 heterocycles. The van der Waals surface area contributed by atoms with Crippen LogP contribution in [0.1, 0.15) is 50.0 Å². The van der Waals surface area contributed by atoms with Gasteiger partial charge < -0.3 is 9.84 Å². The lowest BCUT2D eigenvalue weighted by atomic mass is 10.0. The van der Waals surface area contributed by atoms with Crippen molar-refractivity contribution in [2.75, 3.05) is 0 Å². The molecule has 0 unspecified atom stereocenters. The van der Waals surface area contributed by atoms with Gasteiger partial charge in [0, 0.05) is 18.2 Å². The number of aliphatic hydroxyl groups is 1. The van der Waals surface area contributed by atoms with Crippen LogP contribution in [-0.4, -0.2) is 26.9 Å². The number of nitrogens with zero attached hydrogens (tertiary/aromatic N) is 1. The van der Waals surface area contributed by atoms with Gasteiger partial charge in [0.1, 0.15) is 6.23 Å². The third-order valence-corrected chi connectivity index (χ3v) is 4.98. The fourth-order valence-electron chi connectivity index (χ4n) is 3.46. The molecule has 1 aromatic carbocycles. The maximum absolute atomic E-state index is 12.1. The van der Waals surface area contributed by atoms with E-state index in [0.717, 1.165) is 25.7 Å². The van der Waals surface area contributed by atoms with Crippen LogP contribution in [-0.2, 0) is 17.6 Å². The van der Waals surface area contributed by atoms with Crippen molar-refractivity contribution in [1.82, 2.24) is 9.55 Å². The minimum atomic E-state index is -0.597. The number of hydrogen-bond donors (Lipinski definition) is 2. The fourth-order valence-corrected chi connectivity index (χ4v) is 3.46. The molecule has 1 saturated heterocycles. The lowest BCUT2D eigenvalue weighted by molar-refractivity contribution is -0.0253. The summed E-state index contributed by atoms with van der Waals surface area (Å²) in [6.45, 7) is 1.86. The van der Waals surface area contributed by atoms with E-state index in [1.807, 2.05) is 25.1 Å². The van der Waals surface area contributed by atoms with Crippen LogP contribution >= 0.6 is 0 Å². The van der Waals surface area contributed by atoms with E-state index in [1.54, 1.807) is 6.20 Å². The molecule has 2 aromatic rings. The van der Waals surface area contributed by atoms with Gasteiger partial charge in [-0.3, -0.25) is 14.3 Å². The molecule has 0 spiro atoms. The van der Waals surface area contributed by atoms with Gasteiger partial charge in [0.2, 0.25) is 0 Å². The van der Waals surface area contributed by atoms with E-state index in [-0.39, 0.29) is 11.7 Å². The van der Waals surface area contributed by atoms with Crippen molar-refractivity contribution in [2.24, 2.45) is 0 Å².